The molecule has 10 aromatic carbocycles. The average molecular weight is 765 g/mol. The fourth-order valence-electron chi connectivity index (χ4n) is 9.22. The Hall–Kier alpha value is -7.94. The SMILES string of the molecule is c1ccc(-c2ccccc2N(c2ccccc2-c2cccc3ccccc23)c2cccc3c2c2ccccc2n3-c2cccc(-c3ccccc3)c2-c2ccccc2)cc1. The maximum absolute atomic E-state index is 2.51. The minimum Gasteiger partial charge on any atom is -0.309 e. The van der Waals surface area contributed by atoms with Gasteiger partial charge in [0.05, 0.1) is 33.8 Å². The lowest BCUT2D eigenvalue weighted by Gasteiger charge is -2.31. The zero-order valence-electron chi connectivity index (χ0n) is 33.0. The molecule has 0 N–H and O–H groups in total. The van der Waals surface area contributed by atoms with Crippen molar-refractivity contribution in [3.8, 4) is 50.2 Å². The summed E-state index contributed by atoms with van der Waals surface area (Å²) in [5.74, 6) is 0. The highest BCUT2D eigenvalue weighted by atomic mass is 15.2. The van der Waals surface area contributed by atoms with E-state index in [1.54, 1.807) is 0 Å². The first kappa shape index (κ1) is 35.2. The first-order valence-corrected chi connectivity index (χ1v) is 20.6. The molecule has 0 unspecified atom stereocenters. The molecule has 1 aromatic heterocycles. The van der Waals surface area contributed by atoms with Crippen molar-refractivity contribution in [3.63, 3.8) is 0 Å². The van der Waals surface area contributed by atoms with E-state index in [0.29, 0.717) is 0 Å². The van der Waals surface area contributed by atoms with Gasteiger partial charge in [-0.15, -0.1) is 0 Å². The molecule has 2 heteroatoms. The number of hydrogen-bond donors (Lipinski definition) is 0. The lowest BCUT2D eigenvalue weighted by Crippen LogP contribution is -2.13. The number of anilines is 3. The molecular formula is C58H40N2. The minimum atomic E-state index is 1.11. The van der Waals surface area contributed by atoms with Crippen molar-refractivity contribution in [2.75, 3.05) is 4.90 Å². The van der Waals surface area contributed by atoms with E-state index >= 15 is 0 Å². The second-order valence-electron chi connectivity index (χ2n) is 15.2. The molecule has 0 fully saturated rings. The summed E-state index contributed by atoms with van der Waals surface area (Å²) in [7, 11) is 0. The summed E-state index contributed by atoms with van der Waals surface area (Å²) in [6.07, 6.45) is 0. The number of aromatic nitrogens is 1. The van der Waals surface area contributed by atoms with Crippen LogP contribution in [0.2, 0.25) is 0 Å². The molecule has 11 rings (SSSR count). The van der Waals surface area contributed by atoms with Crippen molar-refractivity contribution in [2.24, 2.45) is 0 Å². The van der Waals surface area contributed by atoms with Gasteiger partial charge in [0.1, 0.15) is 0 Å². The van der Waals surface area contributed by atoms with Crippen LogP contribution in [-0.4, -0.2) is 4.57 Å². The number of nitrogens with zero attached hydrogens (tertiary/aromatic N) is 2. The maximum atomic E-state index is 2.51. The summed E-state index contributed by atoms with van der Waals surface area (Å²) < 4.78 is 2.49. The van der Waals surface area contributed by atoms with Gasteiger partial charge in [-0.3, -0.25) is 0 Å². The number of rotatable bonds is 8. The minimum absolute atomic E-state index is 1.11. The van der Waals surface area contributed by atoms with Crippen LogP contribution in [0, 0.1) is 0 Å². The van der Waals surface area contributed by atoms with Crippen LogP contribution >= 0.6 is 0 Å². The predicted octanol–water partition coefficient (Wildman–Crippen LogP) is 16.1. The molecule has 0 atom stereocenters. The molecule has 2 nitrogen and oxygen atoms in total. The third-order valence-electron chi connectivity index (χ3n) is 11.8. The molecule has 0 aliphatic rings. The van der Waals surface area contributed by atoms with E-state index in [9.17, 15) is 0 Å². The number of benzene rings is 10. The van der Waals surface area contributed by atoms with Gasteiger partial charge in [-0.25, -0.2) is 0 Å². The largest absolute Gasteiger partial charge is 0.309 e. The first-order chi connectivity index (χ1) is 29.8. The molecule has 1 heterocycles. The molecule has 0 aliphatic carbocycles. The summed E-state index contributed by atoms with van der Waals surface area (Å²) in [4.78, 5) is 2.51. The van der Waals surface area contributed by atoms with Crippen molar-refractivity contribution < 1.29 is 0 Å². The van der Waals surface area contributed by atoms with Gasteiger partial charge in [-0.05, 0) is 75.0 Å². The molecule has 0 saturated carbocycles. The van der Waals surface area contributed by atoms with E-state index in [1.165, 1.54) is 60.5 Å². The monoisotopic (exact) mass is 764 g/mol. The Morgan fingerprint density at radius 3 is 1.50 bits per heavy atom. The highest BCUT2D eigenvalue weighted by Crippen LogP contribution is 2.50. The fourth-order valence-corrected chi connectivity index (χ4v) is 9.22. The van der Waals surface area contributed by atoms with E-state index < -0.39 is 0 Å². The molecule has 282 valence electrons. The van der Waals surface area contributed by atoms with Crippen molar-refractivity contribution in [3.05, 3.63) is 243 Å². The van der Waals surface area contributed by atoms with Gasteiger partial charge in [0.25, 0.3) is 0 Å². The van der Waals surface area contributed by atoms with Gasteiger partial charge in [-0.2, -0.15) is 0 Å². The molecular weight excluding hydrogens is 725 g/mol. The molecule has 0 aliphatic heterocycles. The van der Waals surface area contributed by atoms with Crippen molar-refractivity contribution >= 4 is 49.6 Å². The second-order valence-corrected chi connectivity index (χ2v) is 15.2. The third-order valence-corrected chi connectivity index (χ3v) is 11.8. The van der Waals surface area contributed by atoms with Crippen molar-refractivity contribution in [1.29, 1.82) is 0 Å². The predicted molar refractivity (Wildman–Crippen MR) is 255 cm³/mol. The summed E-state index contributed by atoms with van der Waals surface area (Å²) >= 11 is 0. The summed E-state index contributed by atoms with van der Waals surface area (Å²) in [5.41, 5.74) is 16.2. The van der Waals surface area contributed by atoms with E-state index in [-0.39, 0.29) is 0 Å². The van der Waals surface area contributed by atoms with Gasteiger partial charge < -0.3 is 9.47 Å². The molecule has 0 amide bonds. The average Bonchev–Trinajstić information content (AvgIpc) is 3.67. The standard InChI is InChI=1S/C58H40N2/c1-4-21-42(22-5-1)46-30-12-15-35-51(46)59(52-36-16-13-31-49(52)48-34-18-28-41-25-10-11-29-45(41)48)55-39-20-40-56-58(55)50-32-14-17-37-53(50)60(56)54-38-19-33-47(43-23-6-2-7-24-43)57(54)44-26-8-3-9-27-44/h1-40H. The zero-order valence-corrected chi connectivity index (χ0v) is 33.0. The Balaban J connectivity index is 1.25. The molecule has 0 bridgehead atoms. The van der Waals surface area contributed by atoms with Crippen LogP contribution in [0.3, 0.4) is 0 Å². The fraction of sp³-hybridized carbons (Fsp3) is 0. The molecule has 11 aromatic rings. The molecule has 60 heavy (non-hydrogen) atoms. The number of para-hydroxylation sites is 3. The van der Waals surface area contributed by atoms with Crippen LogP contribution in [0.25, 0.3) is 82.8 Å². The van der Waals surface area contributed by atoms with E-state index in [2.05, 4.69) is 252 Å². The number of fused-ring (bicyclic) bond motifs is 4. The van der Waals surface area contributed by atoms with Crippen LogP contribution in [0.1, 0.15) is 0 Å². The van der Waals surface area contributed by atoms with Crippen LogP contribution in [0.5, 0.6) is 0 Å². The van der Waals surface area contributed by atoms with Crippen molar-refractivity contribution in [1.82, 2.24) is 4.57 Å². The van der Waals surface area contributed by atoms with Crippen LogP contribution in [0.4, 0.5) is 17.1 Å². The molecule has 0 saturated heterocycles. The van der Waals surface area contributed by atoms with Crippen molar-refractivity contribution in [2.45, 2.75) is 0 Å². The Bertz CT molecular complexity index is 3300. The summed E-state index contributed by atoms with van der Waals surface area (Å²) in [5, 5.41) is 4.83. The van der Waals surface area contributed by atoms with Crippen LogP contribution in [-0.2, 0) is 0 Å². The van der Waals surface area contributed by atoms with E-state index in [0.717, 1.165) is 39.3 Å². The highest BCUT2D eigenvalue weighted by Gasteiger charge is 2.26. The highest BCUT2D eigenvalue weighted by molar-refractivity contribution is 6.18. The zero-order chi connectivity index (χ0) is 39.8. The quantitative estimate of drug-likeness (QED) is 0.150. The topological polar surface area (TPSA) is 8.17 Å². The Labute approximate surface area is 350 Å². The summed E-state index contributed by atoms with van der Waals surface area (Å²) in [6, 6.07) is 88.0. The van der Waals surface area contributed by atoms with Gasteiger partial charge in [-0.1, -0.05) is 206 Å². The number of hydrogen-bond acceptors (Lipinski definition) is 1. The summed E-state index contributed by atoms with van der Waals surface area (Å²) in [6.45, 7) is 0. The lowest BCUT2D eigenvalue weighted by atomic mass is 9.93. The van der Waals surface area contributed by atoms with Gasteiger partial charge in [0.2, 0.25) is 0 Å². The molecule has 0 radical (unpaired) electrons. The Kier molecular flexibility index (Phi) is 8.87. The smallest absolute Gasteiger partial charge is 0.0562 e. The Morgan fingerprint density at radius 1 is 0.283 bits per heavy atom. The Morgan fingerprint density at radius 2 is 0.750 bits per heavy atom. The van der Waals surface area contributed by atoms with E-state index in [1.807, 2.05) is 0 Å². The normalized spacial score (nSPS) is 11.3. The van der Waals surface area contributed by atoms with Gasteiger partial charge in [0, 0.05) is 27.5 Å². The van der Waals surface area contributed by atoms with E-state index in [4.69, 9.17) is 0 Å². The lowest BCUT2D eigenvalue weighted by molar-refractivity contribution is 1.18. The van der Waals surface area contributed by atoms with Crippen LogP contribution in [0.15, 0.2) is 243 Å². The molecule has 0 spiro atoms. The second kappa shape index (κ2) is 15.1. The maximum Gasteiger partial charge on any atom is 0.0562 e. The van der Waals surface area contributed by atoms with Gasteiger partial charge in [0.15, 0.2) is 0 Å². The third kappa shape index (κ3) is 5.97. The van der Waals surface area contributed by atoms with Gasteiger partial charge >= 0.3 is 0 Å². The van der Waals surface area contributed by atoms with Crippen LogP contribution < -0.4 is 4.90 Å². The first-order valence-electron chi connectivity index (χ1n) is 20.6.